The van der Waals surface area contributed by atoms with E-state index >= 15 is 0 Å². The van der Waals surface area contributed by atoms with E-state index in [-0.39, 0.29) is 0 Å². The Kier molecular flexibility index (Phi) is 3.75. The second-order valence-corrected chi connectivity index (χ2v) is 5.77. The number of phenols is 1. The molecule has 2 aromatic carbocycles. The molecule has 2 heteroatoms. The van der Waals surface area contributed by atoms with Crippen molar-refractivity contribution in [2.45, 2.75) is 32.4 Å². The second kappa shape index (κ2) is 5.68. The van der Waals surface area contributed by atoms with Gasteiger partial charge in [0.15, 0.2) is 0 Å². The van der Waals surface area contributed by atoms with E-state index in [0.717, 1.165) is 12.5 Å². The Bertz CT molecular complexity index is 555. The van der Waals surface area contributed by atoms with Crippen LogP contribution < -0.4 is 5.32 Å². The number of nitrogens with one attached hydrogen (secondary N) is 1. The van der Waals surface area contributed by atoms with Crippen molar-refractivity contribution in [3.63, 3.8) is 0 Å². The lowest BCUT2D eigenvalue weighted by Gasteiger charge is -2.19. The minimum absolute atomic E-state index is 0.325. The van der Waals surface area contributed by atoms with E-state index in [1.54, 1.807) is 12.1 Å². The van der Waals surface area contributed by atoms with Gasteiger partial charge in [-0.2, -0.15) is 0 Å². The maximum absolute atomic E-state index is 9.32. The molecule has 104 valence electrons. The lowest BCUT2D eigenvalue weighted by Crippen LogP contribution is -2.22. The van der Waals surface area contributed by atoms with Crippen LogP contribution in [0.25, 0.3) is 0 Å². The van der Waals surface area contributed by atoms with Gasteiger partial charge in [-0.15, -0.1) is 0 Å². The fourth-order valence-electron chi connectivity index (χ4n) is 2.60. The summed E-state index contributed by atoms with van der Waals surface area (Å²) in [4.78, 5) is 0. The maximum atomic E-state index is 9.32. The minimum Gasteiger partial charge on any atom is -0.508 e. The quantitative estimate of drug-likeness (QED) is 0.860. The van der Waals surface area contributed by atoms with Crippen molar-refractivity contribution in [1.29, 1.82) is 0 Å². The van der Waals surface area contributed by atoms with Crippen LogP contribution in [0.1, 0.15) is 35.6 Å². The molecule has 3 rings (SSSR count). The van der Waals surface area contributed by atoms with Gasteiger partial charge in [0.25, 0.3) is 0 Å². The Hall–Kier alpha value is -1.80. The molecule has 0 bridgehead atoms. The molecule has 1 unspecified atom stereocenters. The Balaban J connectivity index is 1.68. The normalized spacial score (nSPS) is 16.1. The van der Waals surface area contributed by atoms with Gasteiger partial charge >= 0.3 is 0 Å². The molecule has 2 nitrogen and oxygen atoms in total. The highest BCUT2D eigenvalue weighted by molar-refractivity contribution is 5.28. The van der Waals surface area contributed by atoms with Gasteiger partial charge in [0.1, 0.15) is 5.75 Å². The molecule has 0 heterocycles. The van der Waals surface area contributed by atoms with Gasteiger partial charge in [-0.25, -0.2) is 0 Å². The fraction of sp³-hybridized carbons (Fsp3) is 0.333. The molecule has 0 radical (unpaired) electrons. The lowest BCUT2D eigenvalue weighted by atomic mass is 10.0. The van der Waals surface area contributed by atoms with E-state index in [2.05, 4.69) is 36.5 Å². The summed E-state index contributed by atoms with van der Waals surface area (Å²) in [7, 11) is 0. The molecule has 1 aliphatic rings. The van der Waals surface area contributed by atoms with Gasteiger partial charge in [-0.05, 0) is 48.9 Å². The first kappa shape index (κ1) is 13.2. The van der Waals surface area contributed by atoms with E-state index in [9.17, 15) is 5.11 Å². The van der Waals surface area contributed by atoms with Crippen LogP contribution in [0.2, 0.25) is 0 Å². The number of hydrogen-bond acceptors (Lipinski definition) is 2. The number of hydrogen-bond donors (Lipinski definition) is 2. The van der Waals surface area contributed by atoms with Gasteiger partial charge < -0.3 is 10.4 Å². The van der Waals surface area contributed by atoms with Gasteiger partial charge in [-0.1, -0.05) is 42.0 Å². The number of benzene rings is 2. The summed E-state index contributed by atoms with van der Waals surface area (Å²) in [6.45, 7) is 2.97. The average Bonchev–Trinajstić information content (AvgIpc) is 3.28. The maximum Gasteiger partial charge on any atom is 0.115 e. The van der Waals surface area contributed by atoms with Crippen molar-refractivity contribution < 1.29 is 5.11 Å². The summed E-state index contributed by atoms with van der Waals surface area (Å²) in [5, 5.41) is 13.0. The Morgan fingerprint density at radius 1 is 1.05 bits per heavy atom. The standard InChI is InChI=1S/C18H21NO/c1-13-2-6-15(7-3-13)18(16-8-9-16)19-12-14-4-10-17(20)11-5-14/h2-7,10-11,16,18-20H,8-9,12H2,1H3. The Morgan fingerprint density at radius 2 is 1.70 bits per heavy atom. The predicted molar refractivity (Wildman–Crippen MR) is 81.6 cm³/mol. The van der Waals surface area contributed by atoms with E-state index in [0.29, 0.717) is 11.8 Å². The van der Waals surface area contributed by atoms with Crippen molar-refractivity contribution in [3.05, 3.63) is 65.2 Å². The summed E-state index contributed by atoms with van der Waals surface area (Å²) < 4.78 is 0. The van der Waals surface area contributed by atoms with Crippen molar-refractivity contribution in [2.75, 3.05) is 0 Å². The molecular weight excluding hydrogens is 246 g/mol. The molecule has 2 aromatic rings. The van der Waals surface area contributed by atoms with Crippen LogP contribution in [0.5, 0.6) is 5.75 Å². The monoisotopic (exact) mass is 267 g/mol. The van der Waals surface area contributed by atoms with Crippen LogP contribution in [0.3, 0.4) is 0 Å². The summed E-state index contributed by atoms with van der Waals surface area (Å²) in [5.41, 5.74) is 3.90. The van der Waals surface area contributed by atoms with Gasteiger partial charge in [0, 0.05) is 12.6 Å². The van der Waals surface area contributed by atoms with Gasteiger partial charge in [0.05, 0.1) is 0 Å². The topological polar surface area (TPSA) is 32.3 Å². The number of phenolic OH excluding ortho intramolecular Hbond substituents is 1. The first-order chi connectivity index (χ1) is 9.72. The highest BCUT2D eigenvalue weighted by atomic mass is 16.3. The molecule has 1 fully saturated rings. The van der Waals surface area contributed by atoms with E-state index in [4.69, 9.17) is 0 Å². The first-order valence-electron chi connectivity index (χ1n) is 7.30. The third kappa shape index (κ3) is 3.20. The van der Waals surface area contributed by atoms with E-state index in [1.165, 1.54) is 29.5 Å². The molecule has 0 spiro atoms. The average molecular weight is 267 g/mol. The second-order valence-electron chi connectivity index (χ2n) is 5.77. The molecule has 0 aromatic heterocycles. The SMILES string of the molecule is Cc1ccc(C(NCc2ccc(O)cc2)C2CC2)cc1. The van der Waals surface area contributed by atoms with Crippen LogP contribution in [-0.4, -0.2) is 5.11 Å². The molecule has 2 N–H and O–H groups in total. The Labute approximate surface area is 120 Å². The highest BCUT2D eigenvalue weighted by Gasteiger charge is 2.31. The zero-order chi connectivity index (χ0) is 13.9. The molecule has 0 amide bonds. The van der Waals surface area contributed by atoms with E-state index in [1.807, 2.05) is 12.1 Å². The summed E-state index contributed by atoms with van der Waals surface area (Å²) in [5.74, 6) is 1.10. The third-order valence-corrected chi connectivity index (χ3v) is 3.99. The molecule has 1 atom stereocenters. The van der Waals surface area contributed by atoms with Gasteiger partial charge in [-0.3, -0.25) is 0 Å². The number of rotatable bonds is 5. The number of aryl methyl sites for hydroxylation is 1. The minimum atomic E-state index is 0.325. The van der Waals surface area contributed by atoms with Crippen LogP contribution in [0, 0.1) is 12.8 Å². The van der Waals surface area contributed by atoms with E-state index < -0.39 is 0 Å². The zero-order valence-electron chi connectivity index (χ0n) is 11.8. The summed E-state index contributed by atoms with van der Waals surface area (Å²) in [6, 6.07) is 16.7. The molecule has 20 heavy (non-hydrogen) atoms. The highest BCUT2D eigenvalue weighted by Crippen LogP contribution is 2.41. The molecular formula is C18H21NO. The van der Waals surface area contributed by atoms with Crippen molar-refractivity contribution in [2.24, 2.45) is 5.92 Å². The van der Waals surface area contributed by atoms with Crippen molar-refractivity contribution >= 4 is 0 Å². The van der Waals surface area contributed by atoms with Crippen LogP contribution in [0.4, 0.5) is 0 Å². The molecule has 1 aliphatic carbocycles. The summed E-state index contributed by atoms with van der Waals surface area (Å²) in [6.07, 6.45) is 2.64. The lowest BCUT2D eigenvalue weighted by molar-refractivity contribution is 0.471. The van der Waals surface area contributed by atoms with Gasteiger partial charge in [0.2, 0.25) is 0 Å². The van der Waals surface area contributed by atoms with Crippen molar-refractivity contribution in [3.8, 4) is 5.75 Å². The summed E-state index contributed by atoms with van der Waals surface area (Å²) >= 11 is 0. The molecule has 0 aliphatic heterocycles. The fourth-order valence-corrected chi connectivity index (χ4v) is 2.60. The molecule has 1 saturated carbocycles. The zero-order valence-corrected chi connectivity index (χ0v) is 11.8. The predicted octanol–water partition coefficient (Wildman–Crippen LogP) is 3.94. The third-order valence-electron chi connectivity index (χ3n) is 3.99. The Morgan fingerprint density at radius 3 is 2.30 bits per heavy atom. The number of aromatic hydroxyl groups is 1. The van der Waals surface area contributed by atoms with Crippen LogP contribution in [-0.2, 0) is 6.54 Å². The largest absolute Gasteiger partial charge is 0.508 e. The molecule has 0 saturated heterocycles. The smallest absolute Gasteiger partial charge is 0.115 e. The van der Waals surface area contributed by atoms with Crippen molar-refractivity contribution in [1.82, 2.24) is 5.32 Å². The first-order valence-corrected chi connectivity index (χ1v) is 7.30. The van der Waals surface area contributed by atoms with Crippen LogP contribution in [0.15, 0.2) is 48.5 Å². The van der Waals surface area contributed by atoms with Crippen LogP contribution >= 0.6 is 0 Å².